The third kappa shape index (κ3) is 4.40. The average Bonchev–Trinajstić information content (AvgIpc) is 3.20. The van der Waals surface area contributed by atoms with Gasteiger partial charge < -0.3 is 19.7 Å². The molecule has 3 heterocycles. The highest BCUT2D eigenvalue weighted by atomic mass is 16.5. The molecule has 10 heteroatoms. The molecular weight excluding hydrogens is 424 g/mol. The van der Waals surface area contributed by atoms with E-state index in [-0.39, 0.29) is 35.1 Å². The fourth-order valence-electron chi connectivity index (χ4n) is 3.67. The van der Waals surface area contributed by atoms with Crippen LogP contribution in [0.2, 0.25) is 0 Å². The third-order valence-corrected chi connectivity index (χ3v) is 5.32. The van der Waals surface area contributed by atoms with Crippen molar-refractivity contribution in [2.75, 3.05) is 37.7 Å². The van der Waals surface area contributed by atoms with Crippen LogP contribution < -0.4 is 20.5 Å². The Kier molecular flexibility index (Phi) is 6.60. The van der Waals surface area contributed by atoms with Crippen molar-refractivity contribution in [3.05, 3.63) is 40.2 Å². The number of nitrogens with one attached hydrogen (secondary N) is 1. The predicted octanol–water partition coefficient (Wildman–Crippen LogP) is 1.53. The Hall–Kier alpha value is -3.84. The highest BCUT2D eigenvalue weighted by molar-refractivity contribution is 5.92. The molecule has 3 aromatic rings. The van der Waals surface area contributed by atoms with Crippen LogP contribution in [0.5, 0.6) is 11.8 Å². The van der Waals surface area contributed by atoms with Gasteiger partial charge in [0, 0.05) is 33.2 Å². The summed E-state index contributed by atoms with van der Waals surface area (Å²) in [5.41, 5.74) is 0.572. The number of piperazine rings is 1. The van der Waals surface area contributed by atoms with E-state index in [0.29, 0.717) is 18.0 Å². The predicted molar refractivity (Wildman–Crippen MR) is 124 cm³/mol. The summed E-state index contributed by atoms with van der Waals surface area (Å²) in [6.45, 7) is 7.24. The fourth-order valence-corrected chi connectivity index (χ4v) is 3.67. The molecule has 10 nitrogen and oxygen atoms in total. The van der Waals surface area contributed by atoms with Gasteiger partial charge >= 0.3 is 12.0 Å². The molecule has 0 unspecified atom stereocenters. The van der Waals surface area contributed by atoms with E-state index in [2.05, 4.69) is 32.0 Å². The maximum absolute atomic E-state index is 13.4. The minimum absolute atomic E-state index is 0.0299. The topological polar surface area (TPSA) is 104 Å². The number of anilines is 1. The molecule has 1 N–H and O–H groups in total. The first-order valence-electron chi connectivity index (χ1n) is 10.8. The van der Waals surface area contributed by atoms with Crippen molar-refractivity contribution < 1.29 is 14.3 Å². The fraction of sp³-hybridized carbons (Fsp3) is 0.391. The van der Waals surface area contributed by atoms with Crippen molar-refractivity contribution in [2.45, 2.75) is 20.4 Å². The minimum Gasteiger partial charge on any atom is -0.462 e. The highest BCUT2D eigenvalue weighted by Crippen LogP contribution is 2.26. The summed E-state index contributed by atoms with van der Waals surface area (Å²) in [6.07, 6.45) is 0. The number of benzene rings is 1. The van der Waals surface area contributed by atoms with Gasteiger partial charge in [-0.2, -0.15) is 9.97 Å². The first-order chi connectivity index (χ1) is 16.0. The first-order valence-corrected chi connectivity index (χ1v) is 10.8. The van der Waals surface area contributed by atoms with Gasteiger partial charge in [0.05, 0.1) is 13.2 Å². The summed E-state index contributed by atoms with van der Waals surface area (Å²) in [5.74, 6) is 6.30. The Morgan fingerprint density at radius 2 is 1.97 bits per heavy atom. The number of nitrogens with zero attached hydrogens (tertiary/aromatic N) is 5. The summed E-state index contributed by atoms with van der Waals surface area (Å²) in [6, 6.07) is 6.71. The van der Waals surface area contributed by atoms with Crippen LogP contribution in [0.1, 0.15) is 24.2 Å². The van der Waals surface area contributed by atoms with Crippen molar-refractivity contribution in [1.82, 2.24) is 24.4 Å². The second-order valence-electron chi connectivity index (χ2n) is 7.41. The molecule has 0 amide bonds. The van der Waals surface area contributed by atoms with Gasteiger partial charge in [0.15, 0.2) is 11.2 Å². The molecule has 1 fully saturated rings. The number of esters is 1. The van der Waals surface area contributed by atoms with E-state index in [0.717, 1.165) is 26.2 Å². The van der Waals surface area contributed by atoms with Gasteiger partial charge in [-0.15, -0.1) is 5.92 Å². The molecule has 0 bridgehead atoms. The number of para-hydroxylation sites is 1. The number of carbonyl (C=O) groups is 1. The molecule has 33 heavy (non-hydrogen) atoms. The molecule has 0 spiro atoms. The summed E-state index contributed by atoms with van der Waals surface area (Å²) >= 11 is 0. The van der Waals surface area contributed by atoms with Crippen LogP contribution in [-0.2, 0) is 18.3 Å². The summed E-state index contributed by atoms with van der Waals surface area (Å²) in [5, 5.41) is 3.32. The van der Waals surface area contributed by atoms with Crippen LogP contribution in [0.3, 0.4) is 0 Å². The van der Waals surface area contributed by atoms with E-state index in [4.69, 9.17) is 9.47 Å². The lowest BCUT2D eigenvalue weighted by molar-refractivity contribution is 0.0523. The van der Waals surface area contributed by atoms with E-state index < -0.39 is 5.97 Å². The zero-order valence-corrected chi connectivity index (χ0v) is 18.9. The lowest BCUT2D eigenvalue weighted by Crippen LogP contribution is -2.44. The van der Waals surface area contributed by atoms with Crippen LogP contribution in [0.4, 0.5) is 5.95 Å². The Morgan fingerprint density at radius 3 is 2.70 bits per heavy atom. The highest BCUT2D eigenvalue weighted by Gasteiger charge is 2.24. The van der Waals surface area contributed by atoms with E-state index in [1.807, 2.05) is 4.57 Å². The van der Waals surface area contributed by atoms with Crippen molar-refractivity contribution in [3.63, 3.8) is 0 Å². The maximum Gasteiger partial charge on any atom is 0.341 e. The average molecular weight is 450 g/mol. The quantitative estimate of drug-likeness (QED) is 0.446. The molecule has 1 aliphatic heterocycles. The zero-order valence-electron chi connectivity index (χ0n) is 18.9. The molecule has 2 aromatic heterocycles. The van der Waals surface area contributed by atoms with Crippen molar-refractivity contribution in [1.29, 1.82) is 0 Å². The molecule has 0 radical (unpaired) electrons. The standard InChI is InChI=1S/C23H26N6O4/c1-4-6-13-29-18-19(25-22(29)28-14-11-24-12-15-28)26-23(27(3)20(18)30)33-17-10-8-7-9-16(17)21(31)32-5-2/h7-10,24H,5,11-15H2,1-3H3. The number of rotatable bonds is 6. The monoisotopic (exact) mass is 450 g/mol. The Bertz CT molecular complexity index is 1290. The number of carbonyl (C=O) groups excluding carboxylic acids is 1. The smallest absolute Gasteiger partial charge is 0.341 e. The lowest BCUT2D eigenvalue weighted by atomic mass is 10.2. The van der Waals surface area contributed by atoms with Gasteiger partial charge in [-0.25, -0.2) is 4.79 Å². The maximum atomic E-state index is 13.4. The summed E-state index contributed by atoms with van der Waals surface area (Å²) < 4.78 is 14.1. The zero-order chi connectivity index (χ0) is 23.4. The lowest BCUT2D eigenvalue weighted by Gasteiger charge is -2.28. The molecular formula is C23H26N6O4. The molecule has 0 saturated carbocycles. The van der Waals surface area contributed by atoms with Gasteiger partial charge in [-0.1, -0.05) is 18.1 Å². The third-order valence-electron chi connectivity index (χ3n) is 5.32. The Balaban J connectivity index is 1.81. The molecule has 0 atom stereocenters. The van der Waals surface area contributed by atoms with Crippen molar-refractivity contribution in [3.8, 4) is 23.6 Å². The van der Waals surface area contributed by atoms with E-state index in [1.165, 1.54) is 4.57 Å². The number of imidazole rings is 1. The second kappa shape index (κ2) is 9.75. The summed E-state index contributed by atoms with van der Waals surface area (Å²) in [7, 11) is 1.57. The Labute approximate surface area is 191 Å². The number of hydrogen-bond donors (Lipinski definition) is 1. The molecule has 1 saturated heterocycles. The number of hydrogen-bond acceptors (Lipinski definition) is 8. The molecule has 0 aliphatic carbocycles. The van der Waals surface area contributed by atoms with Gasteiger partial charge in [-0.3, -0.25) is 13.9 Å². The molecule has 1 aromatic carbocycles. The van der Waals surface area contributed by atoms with Gasteiger partial charge in [0.1, 0.15) is 11.3 Å². The van der Waals surface area contributed by atoms with Gasteiger partial charge in [0.2, 0.25) is 5.95 Å². The van der Waals surface area contributed by atoms with Crippen molar-refractivity contribution >= 4 is 23.1 Å². The first kappa shape index (κ1) is 22.4. The minimum atomic E-state index is -0.511. The normalized spacial score (nSPS) is 13.5. The van der Waals surface area contributed by atoms with Gasteiger partial charge in [-0.05, 0) is 26.0 Å². The number of aromatic nitrogens is 4. The number of fused-ring (bicyclic) bond motifs is 1. The van der Waals surface area contributed by atoms with E-state index in [1.54, 1.807) is 45.2 Å². The SMILES string of the molecule is CC#CCn1c(N2CCNCC2)nc2nc(Oc3ccccc3C(=O)OCC)n(C)c(=O)c21. The Morgan fingerprint density at radius 1 is 1.21 bits per heavy atom. The molecule has 1 aliphatic rings. The van der Waals surface area contributed by atoms with Crippen LogP contribution in [-0.4, -0.2) is 57.9 Å². The number of ether oxygens (including phenoxy) is 2. The van der Waals surface area contributed by atoms with E-state index >= 15 is 0 Å². The second-order valence-corrected chi connectivity index (χ2v) is 7.41. The molecule has 172 valence electrons. The van der Waals surface area contributed by atoms with Crippen LogP contribution >= 0.6 is 0 Å². The van der Waals surface area contributed by atoms with Gasteiger partial charge in [0.25, 0.3) is 5.56 Å². The largest absolute Gasteiger partial charge is 0.462 e. The summed E-state index contributed by atoms with van der Waals surface area (Å²) in [4.78, 5) is 37.0. The van der Waals surface area contributed by atoms with E-state index in [9.17, 15) is 9.59 Å². The van der Waals surface area contributed by atoms with Crippen molar-refractivity contribution in [2.24, 2.45) is 7.05 Å². The van der Waals surface area contributed by atoms with Crippen LogP contribution in [0.15, 0.2) is 29.1 Å². The van der Waals surface area contributed by atoms with Crippen LogP contribution in [0, 0.1) is 11.8 Å². The van der Waals surface area contributed by atoms with Crippen LogP contribution in [0.25, 0.3) is 11.2 Å². The molecule has 4 rings (SSSR count).